The highest BCUT2D eigenvalue weighted by molar-refractivity contribution is 7.99. The van der Waals surface area contributed by atoms with Crippen molar-refractivity contribution in [1.29, 1.82) is 5.26 Å². The molecule has 1 aliphatic carbocycles. The van der Waals surface area contributed by atoms with Crippen LogP contribution in [-0.2, 0) is 0 Å². The second-order valence-corrected chi connectivity index (χ2v) is 5.63. The molecule has 100 valence electrons. The Bertz CT molecular complexity index is 527. The zero-order valence-corrected chi connectivity index (χ0v) is 11.4. The second kappa shape index (κ2) is 5.93. The molecule has 0 heterocycles. The van der Waals surface area contributed by atoms with Gasteiger partial charge in [0.1, 0.15) is 6.07 Å². The predicted octanol–water partition coefficient (Wildman–Crippen LogP) is 3.16. The Morgan fingerprint density at radius 1 is 1.53 bits per heavy atom. The van der Waals surface area contributed by atoms with E-state index >= 15 is 0 Å². The van der Waals surface area contributed by atoms with Crippen LogP contribution in [0.3, 0.4) is 0 Å². The van der Waals surface area contributed by atoms with Crippen molar-refractivity contribution in [3.63, 3.8) is 0 Å². The zero-order valence-electron chi connectivity index (χ0n) is 10.6. The van der Waals surface area contributed by atoms with Gasteiger partial charge in [0.15, 0.2) is 0 Å². The lowest BCUT2D eigenvalue weighted by Gasteiger charge is -2.20. The lowest BCUT2D eigenvalue weighted by Crippen LogP contribution is -2.26. The SMILES string of the molecule is CSC1CCCC1Nc1ccc([N+](=O)[O-])cc1C#N. The molecule has 0 spiro atoms. The smallest absolute Gasteiger partial charge is 0.270 e. The third-order valence-electron chi connectivity index (χ3n) is 3.43. The van der Waals surface area contributed by atoms with Crippen LogP contribution in [0.4, 0.5) is 11.4 Å². The first-order valence-corrected chi connectivity index (χ1v) is 7.42. The fraction of sp³-hybridized carbons (Fsp3) is 0.462. The van der Waals surface area contributed by atoms with Crippen molar-refractivity contribution in [3.05, 3.63) is 33.9 Å². The normalized spacial score (nSPS) is 21.9. The minimum atomic E-state index is -0.481. The molecule has 6 heteroatoms. The zero-order chi connectivity index (χ0) is 13.8. The molecule has 1 aliphatic rings. The van der Waals surface area contributed by atoms with E-state index in [0.29, 0.717) is 22.5 Å². The first-order chi connectivity index (χ1) is 9.15. The first kappa shape index (κ1) is 13.7. The molecule has 0 aromatic heterocycles. The number of nitrogens with one attached hydrogen (secondary N) is 1. The summed E-state index contributed by atoms with van der Waals surface area (Å²) in [6, 6.07) is 6.75. The summed E-state index contributed by atoms with van der Waals surface area (Å²) < 4.78 is 0. The van der Waals surface area contributed by atoms with Gasteiger partial charge in [0.25, 0.3) is 5.69 Å². The summed E-state index contributed by atoms with van der Waals surface area (Å²) in [5.74, 6) is 0. The van der Waals surface area contributed by atoms with Gasteiger partial charge in [0, 0.05) is 23.4 Å². The molecule has 2 rings (SSSR count). The first-order valence-electron chi connectivity index (χ1n) is 6.13. The van der Waals surface area contributed by atoms with Gasteiger partial charge in [-0.15, -0.1) is 0 Å². The minimum Gasteiger partial charge on any atom is -0.380 e. The van der Waals surface area contributed by atoms with E-state index in [1.54, 1.807) is 6.07 Å². The molecule has 1 aromatic carbocycles. The van der Waals surface area contributed by atoms with Crippen molar-refractivity contribution >= 4 is 23.1 Å². The van der Waals surface area contributed by atoms with Crippen molar-refractivity contribution in [2.45, 2.75) is 30.6 Å². The molecule has 0 radical (unpaired) electrons. The van der Waals surface area contributed by atoms with Crippen LogP contribution in [0.15, 0.2) is 18.2 Å². The summed E-state index contributed by atoms with van der Waals surface area (Å²) in [5, 5.41) is 23.7. The van der Waals surface area contributed by atoms with Gasteiger partial charge in [-0.05, 0) is 25.2 Å². The van der Waals surface area contributed by atoms with E-state index in [2.05, 4.69) is 11.6 Å². The average molecular weight is 277 g/mol. The Morgan fingerprint density at radius 3 is 2.95 bits per heavy atom. The highest BCUT2D eigenvalue weighted by Gasteiger charge is 2.27. The van der Waals surface area contributed by atoms with E-state index in [1.807, 2.05) is 17.8 Å². The van der Waals surface area contributed by atoms with Crippen molar-refractivity contribution in [2.24, 2.45) is 0 Å². The van der Waals surface area contributed by atoms with E-state index in [0.717, 1.165) is 6.42 Å². The summed E-state index contributed by atoms with van der Waals surface area (Å²) in [7, 11) is 0. The Hall–Kier alpha value is -1.74. The largest absolute Gasteiger partial charge is 0.380 e. The molecule has 1 fully saturated rings. The quantitative estimate of drug-likeness (QED) is 0.675. The molecule has 0 saturated heterocycles. The van der Waals surface area contributed by atoms with Gasteiger partial charge in [-0.25, -0.2) is 0 Å². The van der Waals surface area contributed by atoms with Gasteiger partial charge < -0.3 is 5.32 Å². The van der Waals surface area contributed by atoms with Crippen molar-refractivity contribution in [3.8, 4) is 6.07 Å². The maximum Gasteiger partial charge on any atom is 0.270 e. The van der Waals surface area contributed by atoms with Gasteiger partial charge in [-0.1, -0.05) is 6.42 Å². The number of anilines is 1. The summed E-state index contributed by atoms with van der Waals surface area (Å²) in [6.45, 7) is 0. The lowest BCUT2D eigenvalue weighted by molar-refractivity contribution is -0.384. The van der Waals surface area contributed by atoms with Crippen molar-refractivity contribution in [2.75, 3.05) is 11.6 Å². The second-order valence-electron chi connectivity index (χ2n) is 4.55. The fourth-order valence-electron chi connectivity index (χ4n) is 2.44. The average Bonchev–Trinajstić information content (AvgIpc) is 2.86. The molecule has 1 saturated carbocycles. The van der Waals surface area contributed by atoms with E-state index in [1.165, 1.54) is 25.0 Å². The maximum atomic E-state index is 10.7. The summed E-state index contributed by atoms with van der Waals surface area (Å²) in [4.78, 5) is 10.2. The Kier molecular flexibility index (Phi) is 4.27. The van der Waals surface area contributed by atoms with E-state index in [-0.39, 0.29) is 5.69 Å². The number of rotatable bonds is 4. The summed E-state index contributed by atoms with van der Waals surface area (Å²) >= 11 is 1.83. The van der Waals surface area contributed by atoms with Crippen LogP contribution in [-0.4, -0.2) is 22.5 Å². The van der Waals surface area contributed by atoms with Gasteiger partial charge in [-0.2, -0.15) is 17.0 Å². The number of benzene rings is 1. The number of hydrogen-bond donors (Lipinski definition) is 1. The van der Waals surface area contributed by atoms with Gasteiger partial charge in [0.05, 0.1) is 16.2 Å². The molecule has 0 aliphatic heterocycles. The Balaban J connectivity index is 2.21. The number of non-ortho nitro benzene ring substituents is 1. The number of nitriles is 1. The molecule has 0 bridgehead atoms. The topological polar surface area (TPSA) is 79.0 Å². The summed E-state index contributed by atoms with van der Waals surface area (Å²) in [5.41, 5.74) is 0.981. The molecule has 0 amide bonds. The molecule has 2 atom stereocenters. The number of hydrogen-bond acceptors (Lipinski definition) is 5. The standard InChI is InChI=1S/C13H15N3O2S/c1-19-13-4-2-3-12(13)15-11-6-5-10(16(17)18)7-9(11)8-14/h5-7,12-13,15H,2-4H2,1H3. The third kappa shape index (κ3) is 2.99. The molecule has 1 aromatic rings. The Labute approximate surface area is 116 Å². The monoisotopic (exact) mass is 277 g/mol. The highest BCUT2D eigenvalue weighted by atomic mass is 32.2. The van der Waals surface area contributed by atoms with Gasteiger partial charge in [-0.3, -0.25) is 10.1 Å². The number of thioether (sulfide) groups is 1. The third-order valence-corrected chi connectivity index (χ3v) is 4.60. The van der Waals surface area contributed by atoms with Gasteiger partial charge >= 0.3 is 0 Å². The van der Waals surface area contributed by atoms with E-state index in [4.69, 9.17) is 5.26 Å². The highest BCUT2D eigenvalue weighted by Crippen LogP contribution is 2.32. The van der Waals surface area contributed by atoms with Crippen LogP contribution in [0.1, 0.15) is 24.8 Å². The van der Waals surface area contributed by atoms with E-state index in [9.17, 15) is 10.1 Å². The fourth-order valence-corrected chi connectivity index (χ4v) is 3.37. The predicted molar refractivity (Wildman–Crippen MR) is 76.4 cm³/mol. The molecule has 2 unspecified atom stereocenters. The number of nitrogens with zero attached hydrogens (tertiary/aromatic N) is 2. The molecule has 19 heavy (non-hydrogen) atoms. The number of nitro groups is 1. The molecule has 5 nitrogen and oxygen atoms in total. The summed E-state index contributed by atoms with van der Waals surface area (Å²) in [6.07, 6.45) is 5.52. The van der Waals surface area contributed by atoms with Crippen LogP contribution in [0.2, 0.25) is 0 Å². The molecular weight excluding hydrogens is 262 g/mol. The Morgan fingerprint density at radius 2 is 2.32 bits per heavy atom. The lowest BCUT2D eigenvalue weighted by atomic mass is 10.1. The minimum absolute atomic E-state index is 0.0464. The molecular formula is C13H15N3O2S. The van der Waals surface area contributed by atoms with Crippen LogP contribution in [0.25, 0.3) is 0 Å². The van der Waals surface area contributed by atoms with E-state index < -0.39 is 4.92 Å². The van der Waals surface area contributed by atoms with Crippen LogP contribution >= 0.6 is 11.8 Å². The van der Waals surface area contributed by atoms with Crippen molar-refractivity contribution < 1.29 is 4.92 Å². The maximum absolute atomic E-state index is 10.7. The van der Waals surface area contributed by atoms with Crippen LogP contribution in [0.5, 0.6) is 0 Å². The number of nitro benzene ring substituents is 1. The van der Waals surface area contributed by atoms with Crippen LogP contribution < -0.4 is 5.32 Å². The van der Waals surface area contributed by atoms with Gasteiger partial charge in [0.2, 0.25) is 0 Å². The molecule has 1 N–H and O–H groups in total. The van der Waals surface area contributed by atoms with Crippen LogP contribution in [0, 0.1) is 21.4 Å². The van der Waals surface area contributed by atoms with Crippen molar-refractivity contribution in [1.82, 2.24) is 0 Å².